The lowest BCUT2D eigenvalue weighted by Gasteiger charge is -2.26. The molecule has 0 radical (unpaired) electrons. The zero-order valence-electron chi connectivity index (χ0n) is 31.8. The van der Waals surface area contributed by atoms with Gasteiger partial charge in [-0.3, -0.25) is 0 Å². The van der Waals surface area contributed by atoms with Gasteiger partial charge >= 0.3 is 0 Å². The molecule has 272 valence electrons. The molecule has 2 nitrogen and oxygen atoms in total. The van der Waals surface area contributed by atoms with Gasteiger partial charge in [0.25, 0.3) is 0 Å². The van der Waals surface area contributed by atoms with E-state index in [-0.39, 0.29) is 0 Å². The van der Waals surface area contributed by atoms with Crippen molar-refractivity contribution in [2.24, 2.45) is 0 Å². The van der Waals surface area contributed by atoms with Gasteiger partial charge in [-0.15, -0.1) is 0 Å². The molecule has 1 aromatic heterocycles. The van der Waals surface area contributed by atoms with Crippen LogP contribution in [0.25, 0.3) is 82.4 Å². The quantitative estimate of drug-likeness (QED) is 0.158. The number of aromatic nitrogens is 1. The topological polar surface area (TPSA) is 8.17 Å². The Bertz CT molecular complexity index is 3140. The Balaban J connectivity index is 0.976. The number of fused-ring (bicyclic) bond motifs is 7. The van der Waals surface area contributed by atoms with E-state index in [1.807, 2.05) is 0 Å². The molecule has 0 aliphatic carbocycles. The predicted octanol–water partition coefficient (Wildman–Crippen LogP) is 15.6. The first-order valence-electron chi connectivity index (χ1n) is 19.9. The van der Waals surface area contributed by atoms with Crippen molar-refractivity contribution in [3.63, 3.8) is 0 Å². The lowest BCUT2D eigenvalue weighted by atomic mass is 10.00. The van der Waals surface area contributed by atoms with E-state index >= 15 is 0 Å². The summed E-state index contributed by atoms with van der Waals surface area (Å²) in [5.41, 5.74) is 14.0. The van der Waals surface area contributed by atoms with Gasteiger partial charge in [0, 0.05) is 33.5 Å². The fourth-order valence-corrected chi connectivity index (χ4v) is 8.77. The number of hydrogen-bond acceptors (Lipinski definition) is 1. The highest BCUT2D eigenvalue weighted by Crippen LogP contribution is 2.42. The second-order valence-electron chi connectivity index (χ2n) is 15.0. The van der Waals surface area contributed by atoms with Crippen molar-refractivity contribution in [3.05, 3.63) is 231 Å². The van der Waals surface area contributed by atoms with E-state index in [0.717, 1.165) is 22.7 Å². The van der Waals surface area contributed by atoms with E-state index in [1.54, 1.807) is 0 Å². The maximum atomic E-state index is 2.43. The molecule has 11 rings (SSSR count). The van der Waals surface area contributed by atoms with Gasteiger partial charge in [-0.1, -0.05) is 170 Å². The first-order valence-corrected chi connectivity index (χ1v) is 19.9. The van der Waals surface area contributed by atoms with Crippen molar-refractivity contribution in [3.8, 4) is 39.1 Å². The number of benzene rings is 10. The Hall–Kier alpha value is -7.68. The second kappa shape index (κ2) is 14.1. The highest BCUT2D eigenvalue weighted by atomic mass is 15.1. The van der Waals surface area contributed by atoms with Crippen LogP contribution < -0.4 is 4.90 Å². The van der Waals surface area contributed by atoms with Crippen molar-refractivity contribution in [2.75, 3.05) is 4.90 Å². The van der Waals surface area contributed by atoms with E-state index in [0.29, 0.717) is 0 Å². The predicted molar refractivity (Wildman–Crippen MR) is 247 cm³/mol. The summed E-state index contributed by atoms with van der Waals surface area (Å²) in [6.45, 7) is 0. The average Bonchev–Trinajstić information content (AvgIpc) is 3.66. The molecule has 0 saturated heterocycles. The minimum atomic E-state index is 1.10. The third kappa shape index (κ3) is 5.82. The third-order valence-electron chi connectivity index (χ3n) is 11.6. The number of nitrogens with zero attached hydrogens (tertiary/aromatic N) is 2. The van der Waals surface area contributed by atoms with Gasteiger partial charge in [0.05, 0.1) is 11.0 Å². The normalized spacial score (nSPS) is 11.4. The summed E-state index contributed by atoms with van der Waals surface area (Å²) in [4.78, 5) is 2.35. The smallest absolute Gasteiger partial charge is 0.0547 e. The van der Waals surface area contributed by atoms with Gasteiger partial charge < -0.3 is 9.47 Å². The number of anilines is 3. The highest BCUT2D eigenvalue weighted by molar-refractivity contribution is 6.28. The minimum absolute atomic E-state index is 1.10. The molecular weight excluding hydrogens is 701 g/mol. The molecule has 1 heterocycles. The van der Waals surface area contributed by atoms with Crippen LogP contribution in [-0.4, -0.2) is 4.57 Å². The molecule has 2 heteroatoms. The SMILES string of the molecule is c1ccc(-c2ccc(N(c3ccc(-c4ccc(-n5c6ccc7ccccc7c6c6c7ccccc7ccc65)cc4)cc3)c3cccc(-c4ccccc4)c3)cc2)cc1. The molecule has 58 heavy (non-hydrogen) atoms. The molecule has 0 aliphatic rings. The van der Waals surface area contributed by atoms with Crippen LogP contribution in [0.1, 0.15) is 0 Å². The average molecular weight is 739 g/mol. The lowest BCUT2D eigenvalue weighted by Crippen LogP contribution is -2.10. The molecule has 0 aliphatic heterocycles. The Morgan fingerprint density at radius 3 is 1.21 bits per heavy atom. The summed E-state index contributed by atoms with van der Waals surface area (Å²) in [6, 6.07) is 83.5. The lowest BCUT2D eigenvalue weighted by molar-refractivity contribution is 1.18. The zero-order chi connectivity index (χ0) is 38.4. The van der Waals surface area contributed by atoms with Crippen LogP contribution in [0.15, 0.2) is 231 Å². The van der Waals surface area contributed by atoms with Crippen molar-refractivity contribution >= 4 is 60.4 Å². The van der Waals surface area contributed by atoms with Gasteiger partial charge in [0.2, 0.25) is 0 Å². The van der Waals surface area contributed by atoms with Crippen molar-refractivity contribution in [2.45, 2.75) is 0 Å². The summed E-state index contributed by atoms with van der Waals surface area (Å²) in [7, 11) is 0. The van der Waals surface area contributed by atoms with Gasteiger partial charge in [-0.25, -0.2) is 0 Å². The fraction of sp³-hybridized carbons (Fsp3) is 0. The van der Waals surface area contributed by atoms with Crippen LogP contribution in [0.4, 0.5) is 17.1 Å². The highest BCUT2D eigenvalue weighted by Gasteiger charge is 2.18. The molecular formula is C56H38N2. The Morgan fingerprint density at radius 1 is 0.276 bits per heavy atom. The second-order valence-corrected chi connectivity index (χ2v) is 15.0. The molecule has 0 N–H and O–H groups in total. The molecule has 0 bridgehead atoms. The van der Waals surface area contributed by atoms with E-state index in [4.69, 9.17) is 0 Å². The zero-order valence-corrected chi connectivity index (χ0v) is 31.8. The molecule has 0 atom stereocenters. The van der Waals surface area contributed by atoms with E-state index in [9.17, 15) is 0 Å². The maximum Gasteiger partial charge on any atom is 0.0547 e. The molecule has 0 saturated carbocycles. The van der Waals surface area contributed by atoms with Crippen LogP contribution in [0.2, 0.25) is 0 Å². The largest absolute Gasteiger partial charge is 0.310 e. The number of rotatable bonds is 7. The molecule has 10 aromatic carbocycles. The van der Waals surface area contributed by atoms with Crippen LogP contribution in [0, 0.1) is 0 Å². The molecule has 0 spiro atoms. The third-order valence-corrected chi connectivity index (χ3v) is 11.6. The Labute approximate surface area is 338 Å². The van der Waals surface area contributed by atoms with Gasteiger partial charge in [-0.05, 0) is 116 Å². The van der Waals surface area contributed by atoms with Crippen molar-refractivity contribution < 1.29 is 0 Å². The first kappa shape index (κ1) is 33.6. The summed E-state index contributed by atoms with van der Waals surface area (Å²) in [6.07, 6.45) is 0. The molecule has 11 aromatic rings. The monoisotopic (exact) mass is 738 g/mol. The van der Waals surface area contributed by atoms with E-state index in [1.165, 1.54) is 76.7 Å². The van der Waals surface area contributed by atoms with Crippen LogP contribution in [-0.2, 0) is 0 Å². The van der Waals surface area contributed by atoms with Gasteiger partial charge in [-0.2, -0.15) is 0 Å². The van der Waals surface area contributed by atoms with E-state index in [2.05, 4.69) is 240 Å². The molecule has 0 fully saturated rings. The first-order chi connectivity index (χ1) is 28.8. The fourth-order valence-electron chi connectivity index (χ4n) is 8.77. The molecule has 0 amide bonds. The standard InChI is InChI=1S/C56H38N2/c1-3-12-39(13-4-1)41-22-30-47(31-23-41)57(50-19-11-18-46(38-50)40-14-5-2-6-15-40)48-32-24-42(25-33-48)43-26-34-49(35-27-43)58-53-36-28-44-16-7-9-20-51(44)55(53)56-52-21-10-8-17-45(52)29-37-54(56)58/h1-38H. The molecule has 0 unspecified atom stereocenters. The van der Waals surface area contributed by atoms with Crippen molar-refractivity contribution in [1.29, 1.82) is 0 Å². The van der Waals surface area contributed by atoms with Crippen LogP contribution in [0.3, 0.4) is 0 Å². The Kier molecular flexibility index (Phi) is 8.19. The van der Waals surface area contributed by atoms with E-state index < -0.39 is 0 Å². The summed E-state index contributed by atoms with van der Waals surface area (Å²) >= 11 is 0. The summed E-state index contributed by atoms with van der Waals surface area (Å²) in [5.74, 6) is 0. The minimum Gasteiger partial charge on any atom is -0.310 e. The number of hydrogen-bond donors (Lipinski definition) is 0. The van der Waals surface area contributed by atoms with Crippen LogP contribution in [0.5, 0.6) is 0 Å². The van der Waals surface area contributed by atoms with Gasteiger partial charge in [0.1, 0.15) is 0 Å². The Morgan fingerprint density at radius 2 is 0.690 bits per heavy atom. The summed E-state index contributed by atoms with van der Waals surface area (Å²) in [5, 5.41) is 7.69. The van der Waals surface area contributed by atoms with Crippen LogP contribution >= 0.6 is 0 Å². The summed E-state index contributed by atoms with van der Waals surface area (Å²) < 4.78 is 2.43. The van der Waals surface area contributed by atoms with Crippen molar-refractivity contribution in [1.82, 2.24) is 4.57 Å². The van der Waals surface area contributed by atoms with Gasteiger partial charge in [0.15, 0.2) is 0 Å². The maximum absolute atomic E-state index is 2.43.